The number of benzene rings is 2. The normalized spacial score (nSPS) is 18.8. The van der Waals surface area contributed by atoms with Crippen LogP contribution in [0.3, 0.4) is 0 Å². The van der Waals surface area contributed by atoms with Crippen molar-refractivity contribution in [3.05, 3.63) is 54.1 Å². The zero-order valence-corrected chi connectivity index (χ0v) is 19.8. The summed E-state index contributed by atoms with van der Waals surface area (Å²) < 4.78 is 28.9. The van der Waals surface area contributed by atoms with Crippen molar-refractivity contribution in [3.63, 3.8) is 0 Å². The quantitative estimate of drug-likeness (QED) is 0.661. The van der Waals surface area contributed by atoms with E-state index in [0.717, 1.165) is 25.5 Å². The summed E-state index contributed by atoms with van der Waals surface area (Å²) in [5.74, 6) is 0.255. The minimum absolute atomic E-state index is 0.0258. The summed E-state index contributed by atoms with van der Waals surface area (Å²) in [4.78, 5) is 28.9. The van der Waals surface area contributed by atoms with Crippen LogP contribution < -0.4 is 9.64 Å². The van der Waals surface area contributed by atoms with E-state index in [2.05, 4.69) is 13.8 Å². The molecular weight excluding hydrogens is 428 g/mol. The Morgan fingerprint density at radius 1 is 1.00 bits per heavy atom. The van der Waals surface area contributed by atoms with Crippen LogP contribution >= 0.6 is 0 Å². The van der Waals surface area contributed by atoms with E-state index in [1.807, 2.05) is 4.90 Å². The van der Waals surface area contributed by atoms with Gasteiger partial charge in [-0.15, -0.1) is 0 Å². The average Bonchev–Trinajstić information content (AvgIpc) is 2.76. The molecule has 0 N–H and O–H groups in total. The summed E-state index contributed by atoms with van der Waals surface area (Å²) in [6.07, 6.45) is 4.30. The molecule has 0 saturated carbocycles. The summed E-state index contributed by atoms with van der Waals surface area (Å²) in [6, 6.07) is 13.2. The molecule has 1 heterocycles. The first-order chi connectivity index (χ1) is 15.1. The summed E-state index contributed by atoms with van der Waals surface area (Å²) in [7, 11) is -1.67. The van der Waals surface area contributed by atoms with Gasteiger partial charge in [-0.05, 0) is 81.6 Å². The van der Waals surface area contributed by atoms with E-state index in [4.69, 9.17) is 4.74 Å². The Bertz CT molecular complexity index is 1050. The predicted molar refractivity (Wildman–Crippen MR) is 124 cm³/mol. The fourth-order valence-electron chi connectivity index (χ4n) is 4.05. The predicted octanol–water partition coefficient (Wildman–Crippen LogP) is 3.54. The molecule has 1 aliphatic rings. The highest BCUT2D eigenvalue weighted by Crippen LogP contribution is 2.23. The fourth-order valence-corrected chi connectivity index (χ4v) is 4.68. The fraction of sp³-hybridized carbons (Fsp3) is 0.417. The molecule has 2 amide bonds. The first kappa shape index (κ1) is 23.8. The maximum absolute atomic E-state index is 12.8. The Morgan fingerprint density at radius 2 is 1.56 bits per heavy atom. The molecule has 1 saturated heterocycles. The van der Waals surface area contributed by atoms with Crippen LogP contribution in [-0.2, 0) is 14.6 Å². The average molecular weight is 459 g/mol. The number of sulfone groups is 1. The second-order valence-corrected chi connectivity index (χ2v) is 10.4. The van der Waals surface area contributed by atoms with Crippen LogP contribution in [0.4, 0.5) is 5.69 Å². The van der Waals surface area contributed by atoms with Crippen molar-refractivity contribution >= 4 is 27.3 Å². The monoisotopic (exact) mass is 458 g/mol. The van der Waals surface area contributed by atoms with E-state index in [1.54, 1.807) is 43.4 Å². The van der Waals surface area contributed by atoms with Crippen LogP contribution in [0.1, 0.15) is 43.5 Å². The van der Waals surface area contributed by atoms with Crippen molar-refractivity contribution in [3.8, 4) is 5.75 Å². The topological polar surface area (TPSA) is 84.0 Å². The lowest BCUT2D eigenvalue weighted by molar-refractivity contribution is -0.139. The van der Waals surface area contributed by atoms with Gasteiger partial charge in [-0.1, -0.05) is 0 Å². The van der Waals surface area contributed by atoms with Crippen molar-refractivity contribution in [1.82, 2.24) is 4.90 Å². The van der Waals surface area contributed by atoms with Gasteiger partial charge in [-0.2, -0.15) is 0 Å². The smallest absolute Gasteiger partial charge is 0.260 e. The highest BCUT2D eigenvalue weighted by atomic mass is 32.2. The molecule has 0 aliphatic carbocycles. The molecule has 172 valence electrons. The zero-order chi connectivity index (χ0) is 23.5. The van der Waals surface area contributed by atoms with Crippen LogP contribution in [0.5, 0.6) is 5.75 Å². The Labute approximate surface area is 189 Å². The highest BCUT2D eigenvalue weighted by Gasteiger charge is 2.29. The zero-order valence-electron chi connectivity index (χ0n) is 18.9. The lowest BCUT2D eigenvalue weighted by Gasteiger charge is -2.38. The minimum atomic E-state index is -3.29. The van der Waals surface area contributed by atoms with Crippen molar-refractivity contribution < 1.29 is 22.7 Å². The molecule has 0 bridgehead atoms. The lowest BCUT2D eigenvalue weighted by Crippen LogP contribution is -2.49. The van der Waals surface area contributed by atoms with Crippen LogP contribution in [0.2, 0.25) is 0 Å². The standard InChI is InChI=1S/C24H30N2O5S/c1-17-6-5-7-18(2)26(17)23(27)16-31-21-12-8-19(9-13-21)24(28)25(3)20-10-14-22(15-11-20)32(4,29)30/h8-15,17-18H,5-7,16H2,1-4H3. The van der Waals surface area contributed by atoms with Gasteiger partial charge < -0.3 is 14.5 Å². The van der Waals surface area contributed by atoms with Gasteiger partial charge in [0.05, 0.1) is 4.90 Å². The molecular formula is C24H30N2O5S. The molecule has 2 atom stereocenters. The molecule has 1 aliphatic heterocycles. The molecule has 3 rings (SSSR count). The summed E-state index contributed by atoms with van der Waals surface area (Å²) in [5, 5.41) is 0. The summed E-state index contributed by atoms with van der Waals surface area (Å²) >= 11 is 0. The van der Waals surface area contributed by atoms with E-state index < -0.39 is 9.84 Å². The molecule has 0 spiro atoms. The van der Waals surface area contributed by atoms with E-state index >= 15 is 0 Å². The molecule has 1 fully saturated rings. The SMILES string of the molecule is CC1CCCC(C)N1C(=O)COc1ccc(C(=O)N(C)c2ccc(S(C)(=O)=O)cc2)cc1. The second kappa shape index (κ2) is 9.73. The van der Waals surface area contributed by atoms with Gasteiger partial charge in [-0.25, -0.2) is 8.42 Å². The first-order valence-electron chi connectivity index (χ1n) is 10.7. The maximum Gasteiger partial charge on any atom is 0.260 e. The number of likely N-dealkylation sites (tertiary alicyclic amines) is 1. The number of rotatable bonds is 6. The largest absolute Gasteiger partial charge is 0.484 e. The number of anilines is 1. The van der Waals surface area contributed by atoms with Crippen LogP contribution in [0, 0.1) is 0 Å². The van der Waals surface area contributed by atoms with Crippen molar-refractivity contribution in [2.24, 2.45) is 0 Å². The van der Waals surface area contributed by atoms with Crippen LogP contribution in [-0.4, -0.2) is 57.1 Å². The number of ether oxygens (including phenoxy) is 1. The second-order valence-electron chi connectivity index (χ2n) is 8.37. The number of carbonyl (C=O) groups is 2. The Kier molecular flexibility index (Phi) is 7.23. The molecule has 2 unspecified atom stereocenters. The van der Waals surface area contributed by atoms with Gasteiger partial charge in [0.2, 0.25) is 0 Å². The van der Waals surface area contributed by atoms with Crippen molar-refractivity contribution in [2.45, 2.75) is 50.1 Å². The Morgan fingerprint density at radius 3 is 2.09 bits per heavy atom. The summed E-state index contributed by atoms with van der Waals surface area (Å²) in [6.45, 7) is 4.10. The minimum Gasteiger partial charge on any atom is -0.484 e. The number of hydrogen-bond donors (Lipinski definition) is 0. The van der Waals surface area contributed by atoms with Gasteiger partial charge in [0.25, 0.3) is 11.8 Å². The molecule has 0 radical (unpaired) electrons. The highest BCUT2D eigenvalue weighted by molar-refractivity contribution is 7.90. The molecule has 7 nitrogen and oxygen atoms in total. The van der Waals surface area contributed by atoms with Gasteiger partial charge in [0.1, 0.15) is 5.75 Å². The van der Waals surface area contributed by atoms with E-state index in [9.17, 15) is 18.0 Å². The Balaban J connectivity index is 1.61. The van der Waals surface area contributed by atoms with Gasteiger partial charge in [0, 0.05) is 36.6 Å². The van der Waals surface area contributed by atoms with E-state index in [-0.39, 0.29) is 35.4 Å². The van der Waals surface area contributed by atoms with Gasteiger partial charge in [-0.3, -0.25) is 9.59 Å². The lowest BCUT2D eigenvalue weighted by atomic mass is 9.97. The molecule has 2 aromatic carbocycles. The molecule has 8 heteroatoms. The van der Waals surface area contributed by atoms with Gasteiger partial charge in [0.15, 0.2) is 16.4 Å². The van der Waals surface area contributed by atoms with Crippen LogP contribution in [0.15, 0.2) is 53.4 Å². The third-order valence-electron chi connectivity index (χ3n) is 5.90. The van der Waals surface area contributed by atoms with Crippen LogP contribution in [0.25, 0.3) is 0 Å². The molecule has 32 heavy (non-hydrogen) atoms. The van der Waals surface area contributed by atoms with Gasteiger partial charge >= 0.3 is 0 Å². The van der Waals surface area contributed by atoms with E-state index in [0.29, 0.717) is 17.0 Å². The summed E-state index contributed by atoms with van der Waals surface area (Å²) in [5.41, 5.74) is 1.04. The van der Waals surface area contributed by atoms with Crippen molar-refractivity contribution in [2.75, 3.05) is 24.8 Å². The number of nitrogens with zero attached hydrogens (tertiary/aromatic N) is 2. The number of amides is 2. The third kappa shape index (κ3) is 5.48. The number of carbonyl (C=O) groups excluding carboxylic acids is 2. The molecule has 0 aromatic heterocycles. The van der Waals surface area contributed by atoms with Crippen molar-refractivity contribution in [1.29, 1.82) is 0 Å². The first-order valence-corrected chi connectivity index (χ1v) is 12.6. The van der Waals surface area contributed by atoms with E-state index in [1.165, 1.54) is 17.0 Å². The number of hydrogen-bond acceptors (Lipinski definition) is 5. The number of piperidine rings is 1. The molecule has 2 aromatic rings. The third-order valence-corrected chi connectivity index (χ3v) is 7.03. The maximum atomic E-state index is 12.8. The Hall–Kier alpha value is -2.87.